The first kappa shape index (κ1) is 12.3. The zero-order valence-corrected chi connectivity index (χ0v) is 12.6. The average molecular weight is 323 g/mol. The number of halogens is 1. The van der Waals surface area contributed by atoms with Gasteiger partial charge < -0.3 is 5.32 Å². The molecule has 1 N–H and O–H groups in total. The average Bonchev–Trinajstić information content (AvgIpc) is 3.18. The summed E-state index contributed by atoms with van der Waals surface area (Å²) in [4.78, 5) is 4.43. The van der Waals surface area contributed by atoms with Crippen molar-refractivity contribution in [3.05, 3.63) is 34.9 Å². The minimum atomic E-state index is 0.474. The zero-order valence-electron chi connectivity index (χ0n) is 10.2. The van der Waals surface area contributed by atoms with Gasteiger partial charge in [-0.05, 0) is 47.2 Å². The lowest BCUT2D eigenvalue weighted by Gasteiger charge is -2.15. The first-order chi connectivity index (χ1) is 8.74. The number of hydrogen-bond donors (Lipinski definition) is 1. The van der Waals surface area contributed by atoms with Crippen LogP contribution in [0.2, 0.25) is 0 Å². The number of rotatable bonds is 4. The van der Waals surface area contributed by atoms with E-state index in [1.165, 1.54) is 23.9 Å². The Balaban J connectivity index is 1.90. The Morgan fingerprint density at radius 3 is 2.94 bits per heavy atom. The minimum absolute atomic E-state index is 0.474. The molecule has 0 unspecified atom stereocenters. The fourth-order valence-electron chi connectivity index (χ4n) is 2.14. The van der Waals surface area contributed by atoms with Gasteiger partial charge >= 0.3 is 0 Å². The van der Waals surface area contributed by atoms with Gasteiger partial charge in [0.25, 0.3) is 0 Å². The summed E-state index contributed by atoms with van der Waals surface area (Å²) in [5.41, 5.74) is 2.21. The van der Waals surface area contributed by atoms with Crippen LogP contribution in [0.5, 0.6) is 0 Å². The molecule has 0 saturated heterocycles. The fourth-order valence-corrected chi connectivity index (χ4v) is 3.34. The molecule has 1 aromatic carbocycles. The van der Waals surface area contributed by atoms with Crippen molar-refractivity contribution in [2.45, 2.75) is 17.6 Å². The van der Waals surface area contributed by atoms with Gasteiger partial charge in [-0.25, -0.2) is 0 Å². The van der Waals surface area contributed by atoms with Crippen LogP contribution in [-0.2, 0) is 0 Å². The molecule has 0 radical (unpaired) electrons. The highest BCUT2D eigenvalue weighted by molar-refractivity contribution is 9.10. The van der Waals surface area contributed by atoms with E-state index in [-0.39, 0.29) is 0 Å². The van der Waals surface area contributed by atoms with Crippen LogP contribution in [0, 0.1) is 0 Å². The van der Waals surface area contributed by atoms with Crippen LogP contribution in [0.1, 0.15) is 12.8 Å². The number of pyridine rings is 1. The van der Waals surface area contributed by atoms with Gasteiger partial charge in [0.2, 0.25) is 0 Å². The molecular weight excluding hydrogens is 308 g/mol. The summed E-state index contributed by atoms with van der Waals surface area (Å²) in [5, 5.41) is 4.77. The number of anilines is 1. The molecule has 1 saturated carbocycles. The summed E-state index contributed by atoms with van der Waals surface area (Å²) in [6.07, 6.45) is 6.73. The standard InChI is InChI=1S/C14H15BrN2S/c1-18-14(6-7-14)9-17-12-5-8-16-13-10(12)3-2-4-11(13)15/h2-5,8H,6-7,9H2,1H3,(H,16,17). The van der Waals surface area contributed by atoms with Crippen molar-refractivity contribution in [3.8, 4) is 0 Å². The van der Waals surface area contributed by atoms with E-state index in [0.717, 1.165) is 16.5 Å². The molecule has 94 valence electrons. The second kappa shape index (κ2) is 4.74. The van der Waals surface area contributed by atoms with Crippen LogP contribution in [0.3, 0.4) is 0 Å². The fraction of sp³-hybridized carbons (Fsp3) is 0.357. The smallest absolute Gasteiger partial charge is 0.0864 e. The van der Waals surface area contributed by atoms with Crippen LogP contribution in [0.4, 0.5) is 5.69 Å². The molecular formula is C14H15BrN2S. The largest absolute Gasteiger partial charge is 0.383 e. The van der Waals surface area contributed by atoms with E-state index in [2.05, 4.69) is 50.7 Å². The van der Waals surface area contributed by atoms with Gasteiger partial charge in [0.15, 0.2) is 0 Å². The Hall–Kier alpha value is -0.740. The van der Waals surface area contributed by atoms with E-state index in [1.807, 2.05) is 24.0 Å². The minimum Gasteiger partial charge on any atom is -0.383 e. The van der Waals surface area contributed by atoms with Crippen molar-refractivity contribution < 1.29 is 0 Å². The van der Waals surface area contributed by atoms with Crippen LogP contribution in [0.25, 0.3) is 10.9 Å². The predicted octanol–water partition coefficient (Wildman–Crippen LogP) is 4.30. The number of para-hydroxylation sites is 1. The van der Waals surface area contributed by atoms with E-state index in [9.17, 15) is 0 Å². The van der Waals surface area contributed by atoms with E-state index < -0.39 is 0 Å². The summed E-state index contributed by atoms with van der Waals surface area (Å²) in [6.45, 7) is 1.04. The number of nitrogens with zero attached hydrogens (tertiary/aromatic N) is 1. The third-order valence-electron chi connectivity index (χ3n) is 3.56. The molecule has 1 aliphatic rings. The van der Waals surface area contributed by atoms with Crippen molar-refractivity contribution >= 4 is 44.3 Å². The lowest BCUT2D eigenvalue weighted by Crippen LogP contribution is -2.17. The van der Waals surface area contributed by atoms with E-state index >= 15 is 0 Å². The third kappa shape index (κ3) is 2.24. The monoisotopic (exact) mass is 322 g/mol. The maximum absolute atomic E-state index is 4.43. The van der Waals surface area contributed by atoms with Gasteiger partial charge in [0.05, 0.1) is 5.52 Å². The molecule has 1 aliphatic carbocycles. The molecule has 0 aliphatic heterocycles. The molecule has 0 amide bonds. The topological polar surface area (TPSA) is 24.9 Å². The van der Waals surface area contributed by atoms with Crippen molar-refractivity contribution in [1.29, 1.82) is 0 Å². The van der Waals surface area contributed by atoms with Gasteiger partial charge in [0, 0.05) is 33.0 Å². The van der Waals surface area contributed by atoms with E-state index in [4.69, 9.17) is 0 Å². The number of nitrogens with one attached hydrogen (secondary N) is 1. The molecule has 18 heavy (non-hydrogen) atoms. The first-order valence-corrected chi connectivity index (χ1v) is 8.08. The molecule has 0 bridgehead atoms. The van der Waals surface area contributed by atoms with Gasteiger partial charge in [-0.3, -0.25) is 4.98 Å². The second-order valence-corrected chi connectivity index (χ2v) is 6.86. The van der Waals surface area contributed by atoms with Gasteiger partial charge in [-0.2, -0.15) is 11.8 Å². The lowest BCUT2D eigenvalue weighted by molar-refractivity contribution is 0.950. The number of hydrogen-bond acceptors (Lipinski definition) is 3. The van der Waals surface area contributed by atoms with Gasteiger partial charge in [-0.15, -0.1) is 0 Å². The molecule has 0 atom stereocenters. The quantitative estimate of drug-likeness (QED) is 0.908. The Morgan fingerprint density at radius 1 is 1.39 bits per heavy atom. The maximum atomic E-state index is 4.43. The highest BCUT2D eigenvalue weighted by Gasteiger charge is 2.41. The summed E-state index contributed by atoms with van der Waals surface area (Å²) < 4.78 is 1.52. The van der Waals surface area contributed by atoms with Crippen molar-refractivity contribution in [3.63, 3.8) is 0 Å². The highest BCUT2D eigenvalue weighted by Crippen LogP contribution is 2.47. The maximum Gasteiger partial charge on any atom is 0.0864 e. The van der Waals surface area contributed by atoms with Crippen LogP contribution < -0.4 is 5.32 Å². The molecule has 1 aromatic heterocycles. The van der Waals surface area contributed by atoms with Crippen LogP contribution in [-0.4, -0.2) is 22.5 Å². The Morgan fingerprint density at radius 2 is 2.22 bits per heavy atom. The van der Waals surface area contributed by atoms with E-state index in [1.54, 1.807) is 0 Å². The summed E-state index contributed by atoms with van der Waals surface area (Å²) in [5.74, 6) is 0. The van der Waals surface area contributed by atoms with Crippen LogP contribution in [0.15, 0.2) is 34.9 Å². The summed E-state index contributed by atoms with van der Waals surface area (Å²) in [7, 11) is 0. The molecule has 4 heteroatoms. The zero-order chi connectivity index (χ0) is 12.6. The Labute approximate surface area is 120 Å². The van der Waals surface area contributed by atoms with E-state index in [0.29, 0.717) is 4.75 Å². The number of aromatic nitrogens is 1. The molecule has 0 spiro atoms. The SMILES string of the molecule is CSC1(CNc2ccnc3c(Br)cccc23)CC1. The van der Waals surface area contributed by atoms with Gasteiger partial charge in [0.1, 0.15) is 0 Å². The number of fused-ring (bicyclic) bond motifs is 1. The predicted molar refractivity (Wildman–Crippen MR) is 83.4 cm³/mol. The van der Waals surface area contributed by atoms with Crippen molar-refractivity contribution in [2.24, 2.45) is 0 Å². The third-order valence-corrected chi connectivity index (χ3v) is 5.62. The molecule has 2 nitrogen and oxygen atoms in total. The second-order valence-electron chi connectivity index (χ2n) is 4.74. The normalized spacial score (nSPS) is 16.8. The molecule has 1 fully saturated rings. The molecule has 2 aromatic rings. The number of benzene rings is 1. The first-order valence-electron chi connectivity index (χ1n) is 6.06. The lowest BCUT2D eigenvalue weighted by atomic mass is 10.2. The summed E-state index contributed by atoms with van der Waals surface area (Å²) in [6, 6.07) is 8.27. The van der Waals surface area contributed by atoms with Crippen molar-refractivity contribution in [2.75, 3.05) is 18.1 Å². The Bertz CT molecular complexity index is 581. The molecule has 3 rings (SSSR count). The highest BCUT2D eigenvalue weighted by atomic mass is 79.9. The summed E-state index contributed by atoms with van der Waals surface area (Å²) >= 11 is 5.53. The number of thioether (sulfide) groups is 1. The van der Waals surface area contributed by atoms with Gasteiger partial charge in [-0.1, -0.05) is 12.1 Å². The van der Waals surface area contributed by atoms with Crippen LogP contribution >= 0.6 is 27.7 Å². The molecule has 1 heterocycles. The van der Waals surface area contributed by atoms with Crippen molar-refractivity contribution in [1.82, 2.24) is 4.98 Å². The Kier molecular flexibility index (Phi) is 3.24.